The van der Waals surface area contributed by atoms with Crippen LogP contribution in [-0.4, -0.2) is 36.6 Å². The van der Waals surface area contributed by atoms with Gasteiger partial charge in [0.15, 0.2) is 11.5 Å². The van der Waals surface area contributed by atoms with Gasteiger partial charge in [0.25, 0.3) is 5.56 Å². The molecule has 0 saturated heterocycles. The molecule has 1 aromatic heterocycles. The highest BCUT2D eigenvalue weighted by Crippen LogP contribution is 2.42. The highest BCUT2D eigenvalue weighted by atomic mass is 16.5. The number of amides is 1. The fourth-order valence-electron chi connectivity index (χ4n) is 5.11. The number of pyridine rings is 1. The van der Waals surface area contributed by atoms with Gasteiger partial charge < -0.3 is 19.4 Å². The van der Waals surface area contributed by atoms with Crippen LogP contribution in [0.15, 0.2) is 35.1 Å². The fourth-order valence-corrected chi connectivity index (χ4v) is 5.11. The van der Waals surface area contributed by atoms with E-state index in [1.165, 1.54) is 5.56 Å². The van der Waals surface area contributed by atoms with Gasteiger partial charge in [0.05, 0.1) is 20.3 Å². The summed E-state index contributed by atoms with van der Waals surface area (Å²) in [5, 5.41) is 0.969. The first-order valence-electron chi connectivity index (χ1n) is 11.6. The van der Waals surface area contributed by atoms with E-state index in [-0.39, 0.29) is 17.4 Å². The SMILES string of the molecule is COc1cc2c(cc1OC)[C@@H](c1cc3cc(C)c(C)cc3[nH]c1=O)N(C(=O)C1CCC1)CC2. The zero-order valence-corrected chi connectivity index (χ0v) is 19.7. The first-order valence-corrected chi connectivity index (χ1v) is 11.6. The number of carbonyl (C=O) groups excluding carboxylic acids is 1. The lowest BCUT2D eigenvalue weighted by atomic mass is 9.81. The number of carbonyl (C=O) groups is 1. The summed E-state index contributed by atoms with van der Waals surface area (Å²) in [6.45, 7) is 4.68. The number of aromatic nitrogens is 1. The molecule has 0 unspecified atom stereocenters. The van der Waals surface area contributed by atoms with Crippen molar-refractivity contribution in [2.24, 2.45) is 5.92 Å². The van der Waals surface area contributed by atoms with Crippen LogP contribution in [-0.2, 0) is 11.2 Å². The molecule has 1 aliphatic heterocycles. The fraction of sp³-hybridized carbons (Fsp3) is 0.407. The minimum atomic E-state index is -0.462. The summed E-state index contributed by atoms with van der Waals surface area (Å²) in [6.07, 6.45) is 3.65. The van der Waals surface area contributed by atoms with Crippen LogP contribution in [0, 0.1) is 19.8 Å². The van der Waals surface area contributed by atoms with Crippen molar-refractivity contribution in [3.8, 4) is 11.5 Å². The van der Waals surface area contributed by atoms with E-state index in [0.717, 1.165) is 46.9 Å². The van der Waals surface area contributed by atoms with Crippen molar-refractivity contribution in [2.75, 3.05) is 20.8 Å². The van der Waals surface area contributed by atoms with Crippen molar-refractivity contribution in [3.05, 3.63) is 68.5 Å². The number of nitrogens with zero attached hydrogens (tertiary/aromatic N) is 1. The second kappa shape index (κ2) is 8.25. The van der Waals surface area contributed by atoms with Gasteiger partial charge in [0, 0.05) is 23.5 Å². The number of aryl methyl sites for hydroxylation is 2. The summed E-state index contributed by atoms with van der Waals surface area (Å²) >= 11 is 0. The first-order chi connectivity index (χ1) is 15.9. The molecule has 5 rings (SSSR count). The zero-order chi connectivity index (χ0) is 23.3. The van der Waals surface area contributed by atoms with Gasteiger partial charge in [-0.2, -0.15) is 0 Å². The Balaban J connectivity index is 1.72. The maximum atomic E-state index is 13.5. The van der Waals surface area contributed by atoms with E-state index in [1.807, 2.05) is 36.1 Å². The van der Waals surface area contributed by atoms with Crippen LogP contribution in [0.1, 0.15) is 53.1 Å². The average Bonchev–Trinajstić information content (AvgIpc) is 2.77. The Morgan fingerprint density at radius 3 is 2.33 bits per heavy atom. The quantitative estimate of drug-likeness (QED) is 0.643. The van der Waals surface area contributed by atoms with Crippen LogP contribution in [0.2, 0.25) is 0 Å². The Hall–Kier alpha value is -3.28. The topological polar surface area (TPSA) is 71.6 Å². The van der Waals surface area contributed by atoms with Crippen molar-refractivity contribution < 1.29 is 14.3 Å². The molecule has 2 aromatic carbocycles. The monoisotopic (exact) mass is 446 g/mol. The summed E-state index contributed by atoms with van der Waals surface area (Å²) in [6, 6.07) is 9.52. The number of ether oxygens (including phenoxy) is 2. The van der Waals surface area contributed by atoms with E-state index in [9.17, 15) is 9.59 Å². The molecule has 172 valence electrons. The second-order valence-corrected chi connectivity index (χ2v) is 9.30. The lowest BCUT2D eigenvalue weighted by Gasteiger charge is -2.41. The number of methoxy groups -OCH3 is 2. The van der Waals surface area contributed by atoms with Crippen molar-refractivity contribution in [1.29, 1.82) is 0 Å². The Labute approximate surface area is 193 Å². The predicted molar refractivity (Wildman–Crippen MR) is 128 cm³/mol. The molecule has 0 spiro atoms. The second-order valence-electron chi connectivity index (χ2n) is 9.30. The molecule has 2 aliphatic rings. The number of hydrogen-bond donors (Lipinski definition) is 1. The number of nitrogens with one attached hydrogen (secondary N) is 1. The predicted octanol–water partition coefficient (Wildman–Crippen LogP) is 4.44. The van der Waals surface area contributed by atoms with Crippen LogP contribution >= 0.6 is 0 Å². The molecule has 2 heterocycles. The highest BCUT2D eigenvalue weighted by Gasteiger charge is 2.39. The Morgan fingerprint density at radius 1 is 0.970 bits per heavy atom. The van der Waals surface area contributed by atoms with E-state index in [4.69, 9.17) is 9.47 Å². The summed E-state index contributed by atoms with van der Waals surface area (Å²) in [5.74, 6) is 1.46. The van der Waals surface area contributed by atoms with Crippen LogP contribution in [0.3, 0.4) is 0 Å². The van der Waals surface area contributed by atoms with Gasteiger partial charge in [0.1, 0.15) is 0 Å². The largest absolute Gasteiger partial charge is 0.493 e. The van der Waals surface area contributed by atoms with E-state index < -0.39 is 6.04 Å². The molecular formula is C27H30N2O4. The number of rotatable bonds is 4. The number of H-pyrrole nitrogens is 1. The maximum Gasteiger partial charge on any atom is 0.254 e. The third kappa shape index (κ3) is 3.58. The molecule has 1 saturated carbocycles. The third-order valence-corrected chi connectivity index (χ3v) is 7.39. The molecule has 0 bridgehead atoms. The molecular weight excluding hydrogens is 416 g/mol. The van der Waals surface area contributed by atoms with E-state index in [2.05, 4.69) is 18.0 Å². The van der Waals surface area contributed by atoms with Gasteiger partial charge in [-0.05, 0) is 91.1 Å². The lowest BCUT2D eigenvalue weighted by molar-refractivity contribution is -0.140. The molecule has 1 N–H and O–H groups in total. The lowest BCUT2D eigenvalue weighted by Crippen LogP contribution is -2.46. The zero-order valence-electron chi connectivity index (χ0n) is 19.7. The minimum Gasteiger partial charge on any atom is -0.493 e. The van der Waals surface area contributed by atoms with Gasteiger partial charge >= 0.3 is 0 Å². The Bertz CT molecular complexity index is 1310. The number of hydrogen-bond acceptors (Lipinski definition) is 4. The van der Waals surface area contributed by atoms with Crippen LogP contribution in [0.4, 0.5) is 0 Å². The Kier molecular flexibility index (Phi) is 5.39. The molecule has 1 atom stereocenters. The van der Waals surface area contributed by atoms with Crippen molar-refractivity contribution in [1.82, 2.24) is 9.88 Å². The van der Waals surface area contributed by atoms with Gasteiger partial charge in [0.2, 0.25) is 5.91 Å². The molecule has 6 heteroatoms. The molecule has 6 nitrogen and oxygen atoms in total. The van der Waals surface area contributed by atoms with Crippen molar-refractivity contribution in [3.63, 3.8) is 0 Å². The molecule has 3 aromatic rings. The molecule has 33 heavy (non-hydrogen) atoms. The molecule has 1 amide bonds. The standard InChI is InChI=1S/C27H30N2O4/c1-15-10-19-12-21(26(30)28-22(19)11-16(15)2)25-20-14-24(33-4)23(32-3)13-18(20)8-9-29(25)27(31)17-6-5-7-17/h10-14,17,25H,5-9H2,1-4H3,(H,28,30)/t25-/m0/s1. The summed E-state index contributed by atoms with van der Waals surface area (Å²) in [5.41, 5.74) is 5.55. The summed E-state index contributed by atoms with van der Waals surface area (Å²) in [4.78, 5) is 31.9. The van der Waals surface area contributed by atoms with Gasteiger partial charge in [-0.1, -0.05) is 6.42 Å². The normalized spacial score (nSPS) is 18.1. The molecule has 0 radical (unpaired) electrons. The smallest absolute Gasteiger partial charge is 0.254 e. The first kappa shape index (κ1) is 21.6. The molecule has 1 fully saturated rings. The van der Waals surface area contributed by atoms with Crippen molar-refractivity contribution >= 4 is 16.8 Å². The van der Waals surface area contributed by atoms with E-state index in [0.29, 0.717) is 30.0 Å². The number of benzene rings is 2. The molecule has 1 aliphatic carbocycles. The van der Waals surface area contributed by atoms with Crippen LogP contribution < -0.4 is 15.0 Å². The number of aromatic amines is 1. The van der Waals surface area contributed by atoms with Gasteiger partial charge in [-0.25, -0.2) is 0 Å². The highest BCUT2D eigenvalue weighted by molar-refractivity contribution is 5.83. The summed E-state index contributed by atoms with van der Waals surface area (Å²) in [7, 11) is 3.22. The number of fused-ring (bicyclic) bond motifs is 2. The minimum absolute atomic E-state index is 0.0543. The summed E-state index contributed by atoms with van der Waals surface area (Å²) < 4.78 is 11.1. The van der Waals surface area contributed by atoms with Crippen LogP contribution in [0.5, 0.6) is 11.5 Å². The van der Waals surface area contributed by atoms with E-state index in [1.54, 1.807) is 14.2 Å². The van der Waals surface area contributed by atoms with Crippen molar-refractivity contribution in [2.45, 2.75) is 45.6 Å². The third-order valence-electron chi connectivity index (χ3n) is 7.39. The average molecular weight is 447 g/mol. The Morgan fingerprint density at radius 2 is 1.67 bits per heavy atom. The van der Waals surface area contributed by atoms with Crippen LogP contribution in [0.25, 0.3) is 10.9 Å². The van der Waals surface area contributed by atoms with E-state index >= 15 is 0 Å². The maximum absolute atomic E-state index is 13.5. The van der Waals surface area contributed by atoms with Gasteiger partial charge in [-0.3, -0.25) is 9.59 Å². The van der Waals surface area contributed by atoms with Gasteiger partial charge in [-0.15, -0.1) is 0 Å².